The molecule has 0 aliphatic heterocycles. The molecule has 0 aliphatic rings. The average Bonchev–Trinajstić information content (AvgIpc) is 2.83. The summed E-state index contributed by atoms with van der Waals surface area (Å²) in [5.74, 6) is -0.398. The number of aryl methyl sites for hydroxylation is 1. The van der Waals surface area contributed by atoms with E-state index in [4.69, 9.17) is 4.74 Å². The second kappa shape index (κ2) is 6.29. The maximum absolute atomic E-state index is 11.9. The molecule has 0 atom stereocenters. The number of hydrogen-bond donors (Lipinski definition) is 1. The van der Waals surface area contributed by atoms with Crippen LogP contribution in [0.3, 0.4) is 0 Å². The van der Waals surface area contributed by atoms with Crippen LogP contribution in [0, 0.1) is 0 Å². The number of rotatable bonds is 5. The van der Waals surface area contributed by atoms with Gasteiger partial charge in [0.1, 0.15) is 5.00 Å². The Morgan fingerprint density at radius 2 is 2.32 bits per heavy atom. The summed E-state index contributed by atoms with van der Waals surface area (Å²) < 4.78 is 5.01. The van der Waals surface area contributed by atoms with Crippen molar-refractivity contribution in [2.75, 3.05) is 11.9 Å². The molecule has 0 saturated heterocycles. The Kier molecular flexibility index (Phi) is 4.46. The van der Waals surface area contributed by atoms with Crippen LogP contribution in [0.25, 0.3) is 0 Å². The number of pyridine rings is 1. The van der Waals surface area contributed by atoms with Gasteiger partial charge in [-0.1, -0.05) is 6.92 Å². The highest BCUT2D eigenvalue weighted by molar-refractivity contribution is 7.16. The van der Waals surface area contributed by atoms with Crippen LogP contribution in [-0.2, 0) is 11.2 Å². The van der Waals surface area contributed by atoms with Crippen molar-refractivity contribution in [3.05, 3.63) is 35.2 Å². The quantitative estimate of drug-likeness (QED) is 0.851. The molecule has 100 valence electrons. The van der Waals surface area contributed by atoms with Crippen molar-refractivity contribution in [1.82, 2.24) is 9.97 Å². The second-order valence-electron chi connectivity index (χ2n) is 3.73. The number of esters is 1. The molecule has 0 saturated carbocycles. The Bertz CT molecular complexity index is 554. The van der Waals surface area contributed by atoms with E-state index in [0.717, 1.165) is 17.1 Å². The summed E-state index contributed by atoms with van der Waals surface area (Å²) in [4.78, 5) is 20.2. The number of thiazole rings is 1. The number of hydrogen-bond acceptors (Lipinski definition) is 6. The largest absolute Gasteiger partial charge is 0.461 e. The smallest absolute Gasteiger partial charge is 0.360 e. The van der Waals surface area contributed by atoms with Crippen LogP contribution in [0.5, 0.6) is 0 Å². The maximum atomic E-state index is 11.9. The zero-order valence-corrected chi connectivity index (χ0v) is 11.7. The number of nitrogens with zero attached hydrogens (tertiary/aromatic N) is 2. The van der Waals surface area contributed by atoms with Crippen LogP contribution in [0.4, 0.5) is 10.7 Å². The highest BCUT2D eigenvalue weighted by Crippen LogP contribution is 2.28. The first-order chi connectivity index (χ1) is 9.24. The van der Waals surface area contributed by atoms with Crippen LogP contribution in [0.2, 0.25) is 0 Å². The molecule has 6 heteroatoms. The molecule has 0 amide bonds. The lowest BCUT2D eigenvalue weighted by Crippen LogP contribution is -2.07. The molecule has 0 bridgehead atoms. The lowest BCUT2D eigenvalue weighted by Gasteiger charge is -2.04. The molecular formula is C13H15N3O2S. The molecule has 19 heavy (non-hydrogen) atoms. The van der Waals surface area contributed by atoms with Crippen molar-refractivity contribution in [3.8, 4) is 0 Å². The fraction of sp³-hybridized carbons (Fsp3) is 0.308. The summed E-state index contributed by atoms with van der Waals surface area (Å²) in [5, 5.41) is 4.75. The van der Waals surface area contributed by atoms with Gasteiger partial charge in [0.25, 0.3) is 0 Å². The molecule has 0 aliphatic carbocycles. The van der Waals surface area contributed by atoms with Crippen molar-refractivity contribution in [2.45, 2.75) is 20.3 Å². The molecule has 0 radical (unpaired) electrons. The number of carbonyl (C=O) groups excluding carboxylic acids is 1. The van der Waals surface area contributed by atoms with E-state index in [1.54, 1.807) is 19.3 Å². The van der Waals surface area contributed by atoms with E-state index >= 15 is 0 Å². The molecule has 2 heterocycles. The third kappa shape index (κ3) is 3.29. The second-order valence-corrected chi connectivity index (χ2v) is 4.81. The maximum Gasteiger partial charge on any atom is 0.360 e. The van der Waals surface area contributed by atoms with Crippen molar-refractivity contribution < 1.29 is 9.53 Å². The van der Waals surface area contributed by atoms with E-state index < -0.39 is 5.97 Å². The van der Waals surface area contributed by atoms with Crippen molar-refractivity contribution in [3.63, 3.8) is 0 Å². The van der Waals surface area contributed by atoms with E-state index in [1.165, 1.54) is 11.3 Å². The number of ether oxygens (including phenoxy) is 1. The molecule has 0 spiro atoms. The van der Waals surface area contributed by atoms with Crippen LogP contribution in [0.15, 0.2) is 24.5 Å². The fourth-order valence-electron chi connectivity index (χ4n) is 1.51. The van der Waals surface area contributed by atoms with Gasteiger partial charge in [0.05, 0.1) is 23.5 Å². The number of nitrogens with one attached hydrogen (secondary N) is 1. The standard InChI is InChI=1S/C13H15N3O2S/c1-3-10-16-11(13(17)18-4-2)12(19-10)15-9-6-5-7-14-8-9/h5-8,15H,3-4H2,1-2H3. The topological polar surface area (TPSA) is 64.1 Å². The van der Waals surface area contributed by atoms with E-state index in [0.29, 0.717) is 17.3 Å². The lowest BCUT2D eigenvalue weighted by molar-refractivity contribution is 0.0521. The van der Waals surface area contributed by atoms with Gasteiger partial charge in [0.2, 0.25) is 0 Å². The van der Waals surface area contributed by atoms with Gasteiger partial charge in [-0.05, 0) is 25.5 Å². The number of aromatic nitrogens is 2. The summed E-state index contributed by atoms with van der Waals surface area (Å²) >= 11 is 1.46. The first-order valence-corrected chi connectivity index (χ1v) is 6.90. The normalized spacial score (nSPS) is 10.2. The van der Waals surface area contributed by atoms with E-state index in [9.17, 15) is 4.79 Å². The Labute approximate surface area is 115 Å². The molecule has 2 aromatic heterocycles. The molecule has 0 unspecified atom stereocenters. The number of anilines is 2. The number of carbonyl (C=O) groups is 1. The van der Waals surface area contributed by atoms with Gasteiger partial charge in [-0.2, -0.15) is 0 Å². The van der Waals surface area contributed by atoms with Crippen molar-refractivity contribution >= 4 is 28.0 Å². The minimum Gasteiger partial charge on any atom is -0.461 e. The highest BCUT2D eigenvalue weighted by atomic mass is 32.1. The average molecular weight is 277 g/mol. The first kappa shape index (κ1) is 13.5. The summed E-state index contributed by atoms with van der Waals surface area (Å²) in [6.45, 7) is 4.12. The molecular weight excluding hydrogens is 262 g/mol. The first-order valence-electron chi connectivity index (χ1n) is 6.08. The van der Waals surface area contributed by atoms with Gasteiger partial charge < -0.3 is 10.1 Å². The summed E-state index contributed by atoms with van der Waals surface area (Å²) in [5.41, 5.74) is 1.16. The monoisotopic (exact) mass is 277 g/mol. The zero-order chi connectivity index (χ0) is 13.7. The van der Waals surface area contributed by atoms with Gasteiger partial charge in [0.15, 0.2) is 5.69 Å². The van der Waals surface area contributed by atoms with E-state index in [1.807, 2.05) is 19.1 Å². The third-order valence-corrected chi connectivity index (χ3v) is 3.48. The van der Waals surface area contributed by atoms with Gasteiger partial charge in [0, 0.05) is 6.20 Å². The van der Waals surface area contributed by atoms with Gasteiger partial charge >= 0.3 is 5.97 Å². The summed E-state index contributed by atoms with van der Waals surface area (Å²) in [6, 6.07) is 3.71. The Hall–Kier alpha value is -1.95. The molecule has 2 rings (SSSR count). The fourth-order valence-corrected chi connectivity index (χ4v) is 2.42. The molecule has 0 aromatic carbocycles. The highest BCUT2D eigenvalue weighted by Gasteiger charge is 2.19. The summed E-state index contributed by atoms with van der Waals surface area (Å²) in [6.07, 6.45) is 4.17. The minimum atomic E-state index is -0.398. The van der Waals surface area contributed by atoms with Crippen LogP contribution < -0.4 is 5.32 Å². The molecule has 5 nitrogen and oxygen atoms in total. The van der Waals surface area contributed by atoms with Gasteiger partial charge in [-0.3, -0.25) is 4.98 Å². The Morgan fingerprint density at radius 1 is 1.47 bits per heavy atom. The van der Waals surface area contributed by atoms with Crippen LogP contribution in [0.1, 0.15) is 29.3 Å². The minimum absolute atomic E-state index is 0.337. The SMILES string of the molecule is CCOC(=O)c1nc(CC)sc1Nc1cccnc1. The zero-order valence-electron chi connectivity index (χ0n) is 10.8. The molecule has 2 aromatic rings. The Morgan fingerprint density at radius 3 is 2.95 bits per heavy atom. The van der Waals surface area contributed by atoms with Crippen LogP contribution >= 0.6 is 11.3 Å². The Balaban J connectivity index is 2.28. The molecule has 1 N–H and O–H groups in total. The van der Waals surface area contributed by atoms with E-state index in [-0.39, 0.29) is 0 Å². The van der Waals surface area contributed by atoms with E-state index in [2.05, 4.69) is 15.3 Å². The van der Waals surface area contributed by atoms with Crippen molar-refractivity contribution in [1.29, 1.82) is 0 Å². The lowest BCUT2D eigenvalue weighted by atomic mass is 10.4. The predicted octanol–water partition coefficient (Wildman–Crippen LogP) is 3.02. The van der Waals surface area contributed by atoms with Gasteiger partial charge in [-0.25, -0.2) is 9.78 Å². The summed E-state index contributed by atoms with van der Waals surface area (Å²) in [7, 11) is 0. The predicted molar refractivity (Wildman–Crippen MR) is 75.0 cm³/mol. The van der Waals surface area contributed by atoms with Crippen LogP contribution in [-0.4, -0.2) is 22.5 Å². The third-order valence-electron chi connectivity index (χ3n) is 2.36. The molecule has 0 fully saturated rings. The van der Waals surface area contributed by atoms with Crippen molar-refractivity contribution in [2.24, 2.45) is 0 Å². The van der Waals surface area contributed by atoms with Gasteiger partial charge in [-0.15, -0.1) is 11.3 Å².